The number of anilines is 1. The van der Waals surface area contributed by atoms with Crippen LogP contribution in [-0.2, 0) is 0 Å². The average Bonchev–Trinajstić information content (AvgIpc) is 2.77. The molecule has 0 bridgehead atoms. The molecule has 3 rings (SSSR count). The molecule has 0 radical (unpaired) electrons. The molecule has 82 valence electrons. The van der Waals surface area contributed by atoms with E-state index in [0.29, 0.717) is 6.04 Å². The molecule has 1 aliphatic rings. The monoisotopic (exact) mass is 229 g/mol. The summed E-state index contributed by atoms with van der Waals surface area (Å²) in [5, 5.41) is 7.07. The van der Waals surface area contributed by atoms with E-state index in [9.17, 15) is 0 Å². The van der Waals surface area contributed by atoms with Crippen molar-refractivity contribution in [2.75, 3.05) is 5.32 Å². The first-order chi connectivity index (χ1) is 7.92. The van der Waals surface area contributed by atoms with Crippen molar-refractivity contribution < 1.29 is 0 Å². The highest BCUT2D eigenvalue weighted by atomic mass is 32.1. The van der Waals surface area contributed by atoms with Gasteiger partial charge in [0.05, 0.1) is 0 Å². The van der Waals surface area contributed by atoms with Gasteiger partial charge in [0.15, 0.2) is 0 Å². The summed E-state index contributed by atoms with van der Waals surface area (Å²) >= 11 is 1.80. The molecular formula is C14H15NS. The van der Waals surface area contributed by atoms with Gasteiger partial charge in [-0.05, 0) is 54.3 Å². The maximum Gasteiger partial charge on any atom is 0.0444 e. The molecule has 1 nitrogen and oxygen atoms in total. The maximum atomic E-state index is 3.58. The third-order valence-corrected chi connectivity index (χ3v) is 3.96. The number of nitrogens with one attached hydrogen (secondary N) is 1. The smallest absolute Gasteiger partial charge is 0.0444 e. The lowest BCUT2D eigenvalue weighted by atomic mass is 10.0. The largest absolute Gasteiger partial charge is 0.379 e. The second-order valence-corrected chi connectivity index (χ2v) is 5.23. The minimum atomic E-state index is 0.518. The molecule has 16 heavy (non-hydrogen) atoms. The zero-order valence-electron chi connectivity index (χ0n) is 9.15. The standard InChI is InChI=1S/C14H15NS/c1-2-4-12(5-3-1)15-13-6-7-14-11(10-13)8-9-16-14/h2,4,6-10,12,15H,1,3,5H2. The van der Waals surface area contributed by atoms with Crippen LogP contribution in [0.25, 0.3) is 10.1 Å². The first kappa shape index (κ1) is 9.91. The Balaban J connectivity index is 1.82. The van der Waals surface area contributed by atoms with Crippen LogP contribution < -0.4 is 5.32 Å². The van der Waals surface area contributed by atoms with E-state index >= 15 is 0 Å². The molecule has 1 heterocycles. The topological polar surface area (TPSA) is 12.0 Å². The predicted molar refractivity (Wildman–Crippen MR) is 72.2 cm³/mol. The van der Waals surface area contributed by atoms with E-state index in [0.717, 1.165) is 0 Å². The summed E-state index contributed by atoms with van der Waals surface area (Å²) in [6.07, 6.45) is 8.36. The van der Waals surface area contributed by atoms with Crippen LogP contribution in [0, 0.1) is 0 Å². The van der Waals surface area contributed by atoms with Gasteiger partial charge in [0.1, 0.15) is 0 Å². The molecule has 0 saturated heterocycles. The average molecular weight is 229 g/mol. The van der Waals surface area contributed by atoms with Crippen molar-refractivity contribution in [1.29, 1.82) is 0 Å². The second kappa shape index (κ2) is 4.30. The Hall–Kier alpha value is -1.28. The van der Waals surface area contributed by atoms with Crippen molar-refractivity contribution in [3.8, 4) is 0 Å². The van der Waals surface area contributed by atoms with E-state index < -0.39 is 0 Å². The fourth-order valence-electron chi connectivity index (χ4n) is 2.20. The lowest BCUT2D eigenvalue weighted by molar-refractivity contribution is 0.674. The lowest BCUT2D eigenvalue weighted by Gasteiger charge is -2.19. The number of fused-ring (bicyclic) bond motifs is 1. The molecule has 1 N–H and O–H groups in total. The summed E-state index contributed by atoms with van der Waals surface area (Å²) in [6, 6.07) is 9.33. The minimum absolute atomic E-state index is 0.518. The van der Waals surface area contributed by atoms with Gasteiger partial charge in [-0.15, -0.1) is 11.3 Å². The molecular weight excluding hydrogens is 214 g/mol. The Kier molecular flexibility index (Phi) is 2.66. The molecule has 0 aliphatic heterocycles. The Morgan fingerprint density at radius 2 is 2.25 bits per heavy atom. The highest BCUT2D eigenvalue weighted by molar-refractivity contribution is 7.17. The van der Waals surface area contributed by atoms with Crippen molar-refractivity contribution in [2.45, 2.75) is 25.3 Å². The summed E-state index contributed by atoms with van der Waals surface area (Å²) in [7, 11) is 0. The van der Waals surface area contributed by atoms with Crippen LogP contribution in [0.1, 0.15) is 19.3 Å². The van der Waals surface area contributed by atoms with Crippen LogP contribution in [-0.4, -0.2) is 6.04 Å². The fraction of sp³-hybridized carbons (Fsp3) is 0.286. The Bertz CT molecular complexity index is 512. The van der Waals surface area contributed by atoms with E-state index in [2.05, 4.69) is 47.1 Å². The Labute approximate surface area is 99.8 Å². The lowest BCUT2D eigenvalue weighted by Crippen LogP contribution is -2.18. The van der Waals surface area contributed by atoms with E-state index in [1.54, 1.807) is 11.3 Å². The molecule has 0 spiro atoms. The molecule has 0 amide bonds. The quantitative estimate of drug-likeness (QED) is 0.751. The van der Waals surface area contributed by atoms with Gasteiger partial charge in [-0.25, -0.2) is 0 Å². The van der Waals surface area contributed by atoms with E-state index in [1.165, 1.54) is 35.0 Å². The maximum absolute atomic E-state index is 3.58. The zero-order valence-corrected chi connectivity index (χ0v) is 9.96. The van der Waals surface area contributed by atoms with Crippen LogP contribution in [0.15, 0.2) is 41.8 Å². The third kappa shape index (κ3) is 1.98. The van der Waals surface area contributed by atoms with Gasteiger partial charge in [-0.2, -0.15) is 0 Å². The Morgan fingerprint density at radius 1 is 1.25 bits per heavy atom. The van der Waals surface area contributed by atoms with Crippen LogP contribution >= 0.6 is 11.3 Å². The van der Waals surface area contributed by atoms with Crippen LogP contribution in [0.4, 0.5) is 5.69 Å². The summed E-state index contributed by atoms with van der Waals surface area (Å²) in [4.78, 5) is 0. The summed E-state index contributed by atoms with van der Waals surface area (Å²) in [6.45, 7) is 0. The van der Waals surface area contributed by atoms with E-state index in [4.69, 9.17) is 0 Å². The summed E-state index contributed by atoms with van der Waals surface area (Å²) in [5.41, 5.74) is 1.24. The Morgan fingerprint density at radius 3 is 3.12 bits per heavy atom. The normalized spacial score (nSPS) is 20.1. The third-order valence-electron chi connectivity index (χ3n) is 3.06. The van der Waals surface area contributed by atoms with Gasteiger partial charge < -0.3 is 5.32 Å². The van der Waals surface area contributed by atoms with Gasteiger partial charge in [0, 0.05) is 16.4 Å². The number of benzene rings is 1. The fourth-order valence-corrected chi connectivity index (χ4v) is 2.97. The summed E-state index contributed by atoms with van der Waals surface area (Å²) in [5.74, 6) is 0. The minimum Gasteiger partial charge on any atom is -0.379 e. The molecule has 1 aromatic carbocycles. The molecule has 0 saturated carbocycles. The van der Waals surface area contributed by atoms with Crippen molar-refractivity contribution >= 4 is 27.1 Å². The number of allylic oxidation sites excluding steroid dienone is 1. The molecule has 0 fully saturated rings. The SMILES string of the molecule is C1=CC(Nc2ccc3sccc3c2)CCC1. The van der Waals surface area contributed by atoms with Crippen molar-refractivity contribution in [2.24, 2.45) is 0 Å². The number of hydrogen-bond donors (Lipinski definition) is 1. The molecule has 2 aromatic rings. The predicted octanol–water partition coefficient (Wildman–Crippen LogP) is 4.42. The first-order valence-corrected chi connectivity index (χ1v) is 6.70. The van der Waals surface area contributed by atoms with Crippen molar-refractivity contribution in [3.05, 3.63) is 41.8 Å². The molecule has 1 unspecified atom stereocenters. The highest BCUT2D eigenvalue weighted by Gasteiger charge is 2.07. The number of thiophene rings is 1. The van der Waals surface area contributed by atoms with Crippen molar-refractivity contribution in [1.82, 2.24) is 0 Å². The molecule has 1 aliphatic carbocycles. The van der Waals surface area contributed by atoms with Gasteiger partial charge in [0.25, 0.3) is 0 Å². The van der Waals surface area contributed by atoms with Gasteiger partial charge in [0.2, 0.25) is 0 Å². The molecule has 2 heteroatoms. The van der Waals surface area contributed by atoms with Crippen molar-refractivity contribution in [3.63, 3.8) is 0 Å². The molecule has 1 aromatic heterocycles. The second-order valence-electron chi connectivity index (χ2n) is 4.28. The first-order valence-electron chi connectivity index (χ1n) is 5.82. The van der Waals surface area contributed by atoms with Gasteiger partial charge in [-0.1, -0.05) is 12.2 Å². The summed E-state index contributed by atoms with van der Waals surface area (Å²) < 4.78 is 1.37. The van der Waals surface area contributed by atoms with Crippen LogP contribution in [0.5, 0.6) is 0 Å². The zero-order chi connectivity index (χ0) is 10.8. The van der Waals surface area contributed by atoms with Gasteiger partial charge >= 0.3 is 0 Å². The number of hydrogen-bond acceptors (Lipinski definition) is 2. The molecule has 1 atom stereocenters. The van der Waals surface area contributed by atoms with Gasteiger partial charge in [-0.3, -0.25) is 0 Å². The number of rotatable bonds is 2. The van der Waals surface area contributed by atoms with Crippen LogP contribution in [0.2, 0.25) is 0 Å². The van der Waals surface area contributed by atoms with E-state index in [1.807, 2.05) is 0 Å². The van der Waals surface area contributed by atoms with E-state index in [-0.39, 0.29) is 0 Å². The highest BCUT2D eigenvalue weighted by Crippen LogP contribution is 2.25. The van der Waals surface area contributed by atoms with Crippen LogP contribution in [0.3, 0.4) is 0 Å².